The van der Waals surface area contributed by atoms with E-state index in [0.717, 1.165) is 0 Å². The van der Waals surface area contributed by atoms with Crippen molar-refractivity contribution in [2.45, 2.75) is 0 Å². The second-order valence-electron chi connectivity index (χ2n) is 5.12. The Kier molecular flexibility index (Phi) is 4.31. The second-order valence-corrected chi connectivity index (χ2v) is 5.12. The average molecular weight is 282 g/mol. The zero-order valence-electron chi connectivity index (χ0n) is 12.4. The Labute approximate surface area is 132 Å². The topological polar surface area (TPSA) is 0 Å². The molecule has 0 aliphatic carbocycles. The molecule has 0 saturated carbocycles. The normalized spacial score (nSPS) is 10.7. The molecule has 0 bridgehead atoms. The lowest BCUT2D eigenvalue weighted by Gasteiger charge is -2.09. The third-order valence-electron chi connectivity index (χ3n) is 3.68. The maximum atomic E-state index is 4.00. The van der Waals surface area contributed by atoms with Crippen LogP contribution < -0.4 is 0 Å². The fourth-order valence-corrected chi connectivity index (χ4v) is 2.58. The molecule has 0 aliphatic rings. The summed E-state index contributed by atoms with van der Waals surface area (Å²) in [7, 11) is 0. The van der Waals surface area contributed by atoms with Gasteiger partial charge in [-0.1, -0.05) is 104 Å². The molecule has 0 atom stereocenters. The molecule has 0 nitrogen and oxygen atoms in total. The molecule has 0 N–H and O–H groups in total. The lowest BCUT2D eigenvalue weighted by atomic mass is 9.95. The van der Waals surface area contributed by atoms with E-state index < -0.39 is 0 Å². The molecule has 3 aromatic rings. The quantitative estimate of drug-likeness (QED) is 0.502. The summed E-state index contributed by atoms with van der Waals surface area (Å²) < 4.78 is 0. The lowest BCUT2D eigenvalue weighted by molar-refractivity contribution is 1.57. The van der Waals surface area contributed by atoms with Gasteiger partial charge >= 0.3 is 0 Å². The Morgan fingerprint density at radius 3 is 2.00 bits per heavy atom. The van der Waals surface area contributed by atoms with Gasteiger partial charge in [-0.3, -0.25) is 0 Å². The van der Waals surface area contributed by atoms with Crippen LogP contribution in [0.2, 0.25) is 0 Å². The molecule has 0 heterocycles. The van der Waals surface area contributed by atoms with Gasteiger partial charge in [0.05, 0.1) is 0 Å². The first kappa shape index (κ1) is 14.1. The molecule has 0 aliphatic heterocycles. The first-order valence-corrected chi connectivity index (χ1v) is 7.42. The SMILES string of the molecule is C=Cc1c(C=Cc2ccccc2)cccc1-c1ccccc1. The fourth-order valence-electron chi connectivity index (χ4n) is 2.58. The largest absolute Gasteiger partial charge is 0.0984 e. The van der Waals surface area contributed by atoms with E-state index in [4.69, 9.17) is 0 Å². The van der Waals surface area contributed by atoms with E-state index in [1.54, 1.807) is 0 Å². The molecule has 0 heteroatoms. The van der Waals surface area contributed by atoms with E-state index in [9.17, 15) is 0 Å². The Hall–Kier alpha value is -2.86. The first-order chi connectivity index (χ1) is 10.9. The van der Waals surface area contributed by atoms with Crippen molar-refractivity contribution in [1.82, 2.24) is 0 Å². The molecule has 0 amide bonds. The third kappa shape index (κ3) is 3.07. The monoisotopic (exact) mass is 282 g/mol. The van der Waals surface area contributed by atoms with Gasteiger partial charge in [0, 0.05) is 0 Å². The van der Waals surface area contributed by atoms with Gasteiger partial charge in [-0.05, 0) is 27.8 Å². The van der Waals surface area contributed by atoms with Crippen molar-refractivity contribution in [3.05, 3.63) is 102 Å². The first-order valence-electron chi connectivity index (χ1n) is 7.42. The molecule has 22 heavy (non-hydrogen) atoms. The Balaban J connectivity index is 2.03. The highest BCUT2D eigenvalue weighted by molar-refractivity contribution is 5.83. The molecule has 0 saturated heterocycles. The van der Waals surface area contributed by atoms with Gasteiger partial charge in [-0.25, -0.2) is 0 Å². The van der Waals surface area contributed by atoms with Crippen molar-refractivity contribution in [2.24, 2.45) is 0 Å². The molecule has 0 fully saturated rings. The zero-order valence-corrected chi connectivity index (χ0v) is 12.4. The van der Waals surface area contributed by atoms with Crippen LogP contribution >= 0.6 is 0 Å². The summed E-state index contributed by atoms with van der Waals surface area (Å²) in [5, 5.41) is 0. The van der Waals surface area contributed by atoms with Crippen LogP contribution in [0.4, 0.5) is 0 Å². The fraction of sp³-hybridized carbons (Fsp3) is 0. The van der Waals surface area contributed by atoms with Crippen LogP contribution in [0.25, 0.3) is 29.4 Å². The van der Waals surface area contributed by atoms with Crippen LogP contribution in [0, 0.1) is 0 Å². The van der Waals surface area contributed by atoms with Gasteiger partial charge in [-0.15, -0.1) is 0 Å². The highest BCUT2D eigenvalue weighted by Gasteiger charge is 2.05. The Morgan fingerprint density at radius 2 is 1.32 bits per heavy atom. The summed E-state index contributed by atoms with van der Waals surface area (Å²) in [6.07, 6.45) is 6.23. The van der Waals surface area contributed by atoms with Crippen molar-refractivity contribution >= 4 is 18.2 Å². The van der Waals surface area contributed by atoms with Crippen molar-refractivity contribution in [3.8, 4) is 11.1 Å². The smallest absolute Gasteiger partial charge is 0.0106 e. The van der Waals surface area contributed by atoms with E-state index in [0.29, 0.717) is 0 Å². The van der Waals surface area contributed by atoms with Gasteiger partial charge in [0.15, 0.2) is 0 Å². The summed E-state index contributed by atoms with van der Waals surface area (Å²) in [5.41, 5.74) is 5.97. The van der Waals surface area contributed by atoms with Crippen molar-refractivity contribution in [1.29, 1.82) is 0 Å². The maximum absolute atomic E-state index is 4.00. The molecule has 0 spiro atoms. The van der Waals surface area contributed by atoms with Gasteiger partial charge in [0.1, 0.15) is 0 Å². The van der Waals surface area contributed by atoms with Crippen LogP contribution in [0.5, 0.6) is 0 Å². The summed E-state index contributed by atoms with van der Waals surface area (Å²) in [4.78, 5) is 0. The van der Waals surface area contributed by atoms with Crippen LogP contribution in [0.15, 0.2) is 85.4 Å². The number of hydrogen-bond acceptors (Lipinski definition) is 0. The predicted molar refractivity (Wildman–Crippen MR) is 97.3 cm³/mol. The minimum Gasteiger partial charge on any atom is -0.0984 e. The Morgan fingerprint density at radius 1 is 0.636 bits per heavy atom. The van der Waals surface area contributed by atoms with E-state index >= 15 is 0 Å². The highest BCUT2D eigenvalue weighted by atomic mass is 14.1. The molecular formula is C22H18. The van der Waals surface area contributed by atoms with Crippen molar-refractivity contribution in [2.75, 3.05) is 0 Å². The number of rotatable bonds is 4. The van der Waals surface area contributed by atoms with Gasteiger partial charge in [-0.2, -0.15) is 0 Å². The minimum absolute atomic E-state index is 1.17. The summed E-state index contributed by atoms with van der Waals surface area (Å²) >= 11 is 0. The van der Waals surface area contributed by atoms with Crippen LogP contribution in [0.1, 0.15) is 16.7 Å². The molecule has 3 aromatic carbocycles. The van der Waals surface area contributed by atoms with Crippen LogP contribution in [-0.2, 0) is 0 Å². The maximum Gasteiger partial charge on any atom is -0.0106 e. The minimum atomic E-state index is 1.17. The van der Waals surface area contributed by atoms with E-state index in [1.165, 1.54) is 27.8 Å². The van der Waals surface area contributed by atoms with E-state index in [2.05, 4.69) is 85.5 Å². The van der Waals surface area contributed by atoms with Gasteiger partial charge < -0.3 is 0 Å². The van der Waals surface area contributed by atoms with E-state index in [-0.39, 0.29) is 0 Å². The Bertz CT molecular complexity index is 781. The molecular weight excluding hydrogens is 264 g/mol. The highest BCUT2D eigenvalue weighted by Crippen LogP contribution is 2.28. The summed E-state index contributed by atoms with van der Waals surface area (Å²) in [5.74, 6) is 0. The van der Waals surface area contributed by atoms with Crippen LogP contribution in [0.3, 0.4) is 0 Å². The average Bonchev–Trinajstić information content (AvgIpc) is 2.61. The molecule has 0 radical (unpaired) electrons. The molecule has 0 unspecified atom stereocenters. The second kappa shape index (κ2) is 6.73. The lowest BCUT2D eigenvalue weighted by Crippen LogP contribution is -1.87. The molecule has 106 valence electrons. The summed E-state index contributed by atoms with van der Waals surface area (Å²) in [6, 6.07) is 27.1. The van der Waals surface area contributed by atoms with Gasteiger partial charge in [0.2, 0.25) is 0 Å². The standard InChI is InChI=1S/C22H18/c1-2-21-20(17-16-18-10-5-3-6-11-18)14-9-15-22(21)19-12-7-4-8-13-19/h2-17H,1H2. The van der Waals surface area contributed by atoms with Crippen LogP contribution in [-0.4, -0.2) is 0 Å². The van der Waals surface area contributed by atoms with Crippen molar-refractivity contribution in [3.63, 3.8) is 0 Å². The van der Waals surface area contributed by atoms with Crippen molar-refractivity contribution < 1.29 is 0 Å². The zero-order chi connectivity index (χ0) is 15.2. The summed E-state index contributed by atoms with van der Waals surface area (Å²) in [6.45, 7) is 4.00. The third-order valence-corrected chi connectivity index (χ3v) is 3.68. The molecule has 0 aromatic heterocycles. The molecule has 3 rings (SSSR count). The number of benzene rings is 3. The predicted octanol–water partition coefficient (Wildman–Crippen LogP) is 6.17. The van der Waals surface area contributed by atoms with E-state index in [1.807, 2.05) is 18.2 Å². The van der Waals surface area contributed by atoms with Gasteiger partial charge in [0.25, 0.3) is 0 Å². The number of hydrogen-bond donors (Lipinski definition) is 0.